The van der Waals surface area contributed by atoms with Crippen LogP contribution in [0.25, 0.3) is 0 Å². The monoisotopic (exact) mass is 290 g/mol. The van der Waals surface area contributed by atoms with E-state index in [1.807, 2.05) is 18.2 Å². The molecule has 84 valence electrons. The highest BCUT2D eigenvalue weighted by atomic mass is 79.9. The van der Waals surface area contributed by atoms with Gasteiger partial charge in [-0.25, -0.2) is 0 Å². The highest BCUT2D eigenvalue weighted by Gasteiger charge is 2.09. The third-order valence-electron chi connectivity index (χ3n) is 2.41. The van der Waals surface area contributed by atoms with Gasteiger partial charge in [0.1, 0.15) is 0 Å². The molecule has 0 N–H and O–H groups in total. The van der Waals surface area contributed by atoms with Crippen LogP contribution in [0, 0.1) is 0 Å². The molecule has 0 radical (unpaired) electrons. The molecule has 0 spiro atoms. The first-order valence-corrected chi connectivity index (χ1v) is 6.58. The fraction of sp³-hybridized carbons (Fsp3) is 0.500. The third-order valence-corrected chi connectivity index (χ3v) is 3.42. The maximum Gasteiger partial charge on any atom is 0.0462 e. The quantitative estimate of drug-likeness (QED) is 0.562. The van der Waals surface area contributed by atoms with Gasteiger partial charge in [0.2, 0.25) is 0 Å². The SMILES string of the molecule is COCCCC(CBr)c1cccc(Cl)c1. The summed E-state index contributed by atoms with van der Waals surface area (Å²) >= 11 is 9.51. The normalized spacial score (nSPS) is 12.7. The van der Waals surface area contributed by atoms with Crippen LogP contribution < -0.4 is 0 Å². The molecule has 1 aromatic rings. The summed E-state index contributed by atoms with van der Waals surface area (Å²) in [6.07, 6.45) is 2.21. The Morgan fingerprint density at radius 2 is 2.27 bits per heavy atom. The summed E-state index contributed by atoms with van der Waals surface area (Å²) in [6, 6.07) is 8.08. The molecule has 1 rings (SSSR count). The average molecular weight is 292 g/mol. The molecule has 3 heteroatoms. The van der Waals surface area contributed by atoms with E-state index in [-0.39, 0.29) is 0 Å². The molecule has 0 amide bonds. The van der Waals surface area contributed by atoms with Gasteiger partial charge in [0, 0.05) is 24.1 Å². The van der Waals surface area contributed by atoms with Crippen LogP contribution in [0.5, 0.6) is 0 Å². The van der Waals surface area contributed by atoms with E-state index in [1.54, 1.807) is 7.11 Å². The molecule has 0 heterocycles. The number of halogens is 2. The molecule has 0 aliphatic carbocycles. The van der Waals surface area contributed by atoms with Crippen molar-refractivity contribution in [2.24, 2.45) is 0 Å². The van der Waals surface area contributed by atoms with Crippen molar-refractivity contribution < 1.29 is 4.74 Å². The minimum Gasteiger partial charge on any atom is -0.385 e. The van der Waals surface area contributed by atoms with Crippen molar-refractivity contribution in [3.63, 3.8) is 0 Å². The Morgan fingerprint density at radius 3 is 2.87 bits per heavy atom. The van der Waals surface area contributed by atoms with Crippen LogP contribution in [-0.4, -0.2) is 19.0 Å². The molecule has 0 aliphatic heterocycles. The molecular weight excluding hydrogens is 275 g/mol. The second-order valence-corrected chi connectivity index (χ2v) is 4.63. The van der Waals surface area contributed by atoms with E-state index in [2.05, 4.69) is 22.0 Å². The lowest BCUT2D eigenvalue weighted by molar-refractivity contribution is 0.191. The van der Waals surface area contributed by atoms with Gasteiger partial charge in [0.05, 0.1) is 0 Å². The van der Waals surface area contributed by atoms with Crippen molar-refractivity contribution in [3.05, 3.63) is 34.9 Å². The van der Waals surface area contributed by atoms with Crippen LogP contribution in [0.1, 0.15) is 24.3 Å². The first-order chi connectivity index (χ1) is 7.27. The van der Waals surface area contributed by atoms with Gasteiger partial charge in [0.25, 0.3) is 0 Å². The van der Waals surface area contributed by atoms with Crippen molar-refractivity contribution in [1.29, 1.82) is 0 Å². The second kappa shape index (κ2) is 7.26. The summed E-state index contributed by atoms with van der Waals surface area (Å²) in [6.45, 7) is 0.823. The Kier molecular flexibility index (Phi) is 6.30. The van der Waals surface area contributed by atoms with Gasteiger partial charge in [-0.05, 0) is 36.5 Å². The van der Waals surface area contributed by atoms with E-state index < -0.39 is 0 Å². The smallest absolute Gasteiger partial charge is 0.0462 e. The predicted octanol–water partition coefficient (Wildman–Crippen LogP) is 4.25. The molecule has 0 fully saturated rings. The van der Waals surface area contributed by atoms with E-state index >= 15 is 0 Å². The van der Waals surface area contributed by atoms with Crippen molar-refractivity contribution in [2.45, 2.75) is 18.8 Å². The Bertz CT molecular complexity index is 291. The molecule has 0 saturated heterocycles. The Labute approximate surface area is 105 Å². The number of benzene rings is 1. The molecule has 1 nitrogen and oxygen atoms in total. The summed E-state index contributed by atoms with van der Waals surface area (Å²) in [5.41, 5.74) is 1.30. The molecular formula is C12H16BrClO. The lowest BCUT2D eigenvalue weighted by Crippen LogP contribution is -2.02. The number of alkyl halides is 1. The van der Waals surface area contributed by atoms with Gasteiger partial charge < -0.3 is 4.74 Å². The molecule has 15 heavy (non-hydrogen) atoms. The fourth-order valence-corrected chi connectivity index (χ4v) is 2.46. The van der Waals surface area contributed by atoms with Crippen LogP contribution in [-0.2, 0) is 4.74 Å². The third kappa shape index (κ3) is 4.54. The van der Waals surface area contributed by atoms with Gasteiger partial charge in [0.15, 0.2) is 0 Å². The maximum absolute atomic E-state index is 5.97. The van der Waals surface area contributed by atoms with Gasteiger partial charge in [-0.1, -0.05) is 39.7 Å². The van der Waals surface area contributed by atoms with Crippen molar-refractivity contribution >= 4 is 27.5 Å². The highest BCUT2D eigenvalue weighted by Crippen LogP contribution is 2.25. The van der Waals surface area contributed by atoms with Crippen LogP contribution >= 0.6 is 27.5 Å². The lowest BCUT2D eigenvalue weighted by atomic mass is 9.96. The Balaban J connectivity index is 2.57. The zero-order valence-corrected chi connectivity index (χ0v) is 11.2. The van der Waals surface area contributed by atoms with Crippen LogP contribution in [0.3, 0.4) is 0 Å². The summed E-state index contributed by atoms with van der Waals surface area (Å²) < 4.78 is 5.05. The summed E-state index contributed by atoms with van der Waals surface area (Å²) in [5.74, 6) is 0.527. The van der Waals surface area contributed by atoms with Crippen molar-refractivity contribution in [2.75, 3.05) is 19.0 Å². The number of hydrogen-bond acceptors (Lipinski definition) is 1. The summed E-state index contributed by atoms with van der Waals surface area (Å²) in [7, 11) is 1.74. The molecule has 0 aromatic heterocycles. The van der Waals surface area contributed by atoms with Crippen LogP contribution in [0.4, 0.5) is 0 Å². The largest absolute Gasteiger partial charge is 0.385 e. The Morgan fingerprint density at radius 1 is 1.47 bits per heavy atom. The Hall–Kier alpha value is -0.0500. The first-order valence-electron chi connectivity index (χ1n) is 5.08. The molecule has 0 bridgehead atoms. The van der Waals surface area contributed by atoms with Gasteiger partial charge in [-0.2, -0.15) is 0 Å². The minimum atomic E-state index is 0.527. The fourth-order valence-electron chi connectivity index (χ4n) is 1.57. The molecule has 1 atom stereocenters. The first kappa shape index (κ1) is 13.0. The van der Waals surface area contributed by atoms with Crippen LogP contribution in [0.15, 0.2) is 24.3 Å². The van der Waals surface area contributed by atoms with E-state index in [1.165, 1.54) is 5.56 Å². The van der Waals surface area contributed by atoms with Crippen LogP contribution in [0.2, 0.25) is 5.02 Å². The zero-order chi connectivity index (χ0) is 11.1. The topological polar surface area (TPSA) is 9.23 Å². The highest BCUT2D eigenvalue weighted by molar-refractivity contribution is 9.09. The average Bonchev–Trinajstić information content (AvgIpc) is 2.24. The lowest BCUT2D eigenvalue weighted by Gasteiger charge is -2.14. The van der Waals surface area contributed by atoms with Gasteiger partial charge >= 0.3 is 0 Å². The van der Waals surface area contributed by atoms with E-state index in [4.69, 9.17) is 16.3 Å². The standard InChI is InChI=1S/C12H16BrClO/c1-15-7-3-5-11(9-13)10-4-2-6-12(14)8-10/h2,4,6,8,11H,3,5,7,9H2,1H3. The van der Waals surface area contributed by atoms with Gasteiger partial charge in [-0.3, -0.25) is 0 Å². The predicted molar refractivity (Wildman–Crippen MR) is 69.1 cm³/mol. The number of ether oxygens (including phenoxy) is 1. The number of hydrogen-bond donors (Lipinski definition) is 0. The summed E-state index contributed by atoms with van der Waals surface area (Å²) in [5, 5.41) is 1.78. The van der Waals surface area contributed by atoms with Gasteiger partial charge in [-0.15, -0.1) is 0 Å². The maximum atomic E-state index is 5.97. The molecule has 0 aliphatic rings. The number of rotatable bonds is 6. The molecule has 1 unspecified atom stereocenters. The summed E-state index contributed by atoms with van der Waals surface area (Å²) in [4.78, 5) is 0. The van der Waals surface area contributed by atoms with E-state index in [0.29, 0.717) is 5.92 Å². The molecule has 0 saturated carbocycles. The molecule has 1 aromatic carbocycles. The number of methoxy groups -OCH3 is 1. The van der Waals surface area contributed by atoms with Crippen molar-refractivity contribution in [1.82, 2.24) is 0 Å². The second-order valence-electron chi connectivity index (χ2n) is 3.54. The van der Waals surface area contributed by atoms with Crippen molar-refractivity contribution in [3.8, 4) is 0 Å². The van der Waals surface area contributed by atoms with E-state index in [9.17, 15) is 0 Å². The zero-order valence-electron chi connectivity index (χ0n) is 8.88. The van der Waals surface area contributed by atoms with E-state index in [0.717, 1.165) is 29.8 Å². The minimum absolute atomic E-state index is 0.527.